The van der Waals surface area contributed by atoms with Crippen molar-refractivity contribution in [3.8, 4) is 0 Å². The van der Waals surface area contributed by atoms with Crippen LogP contribution >= 0.6 is 0 Å². The van der Waals surface area contributed by atoms with Crippen LogP contribution in [-0.4, -0.2) is 15.3 Å². The van der Waals surface area contributed by atoms with E-state index in [1.54, 1.807) is 18.3 Å². The Morgan fingerprint density at radius 3 is 2.63 bits per heavy atom. The number of nitrogens with zero attached hydrogens (tertiary/aromatic N) is 2. The molecule has 0 amide bonds. The summed E-state index contributed by atoms with van der Waals surface area (Å²) >= 11 is 0. The molecule has 1 aliphatic heterocycles. The van der Waals surface area contributed by atoms with Gasteiger partial charge in [-0.2, -0.15) is 0 Å². The van der Waals surface area contributed by atoms with E-state index >= 15 is 0 Å². The molecule has 0 saturated carbocycles. The van der Waals surface area contributed by atoms with E-state index in [1.807, 2.05) is 36.0 Å². The molecule has 0 aliphatic carbocycles. The number of aryl methyl sites for hydroxylation is 1. The van der Waals surface area contributed by atoms with E-state index in [9.17, 15) is 4.39 Å². The van der Waals surface area contributed by atoms with E-state index in [4.69, 9.17) is 11.1 Å². The normalized spacial score (nSPS) is 18.7. The summed E-state index contributed by atoms with van der Waals surface area (Å²) in [5, 5.41) is 12.5. The minimum atomic E-state index is -0.358. The van der Waals surface area contributed by atoms with Crippen LogP contribution < -0.4 is 11.1 Å². The summed E-state index contributed by atoms with van der Waals surface area (Å²) in [5.74, 6) is 0.105. The molecule has 4 N–H and O–H groups in total. The Kier molecular flexibility index (Phi) is 4.03. The summed E-state index contributed by atoms with van der Waals surface area (Å²) in [6, 6.07) is 11.8. The molecule has 2 unspecified atom stereocenters. The molecular formula is C21H20FN5. The maximum absolute atomic E-state index is 13.4. The number of hydrogen-bond acceptors (Lipinski definition) is 4. The van der Waals surface area contributed by atoms with E-state index in [0.717, 1.165) is 28.2 Å². The minimum Gasteiger partial charge on any atom is -0.399 e. The van der Waals surface area contributed by atoms with Gasteiger partial charge in [-0.3, -0.25) is 0 Å². The first-order valence-corrected chi connectivity index (χ1v) is 8.63. The van der Waals surface area contributed by atoms with Crippen LogP contribution in [0.2, 0.25) is 0 Å². The molecule has 2 aromatic carbocycles. The number of hydrogen-bond donors (Lipinski definition) is 3. The number of fused-ring (bicyclic) bond motifs is 1. The number of anilines is 1. The van der Waals surface area contributed by atoms with Gasteiger partial charge in [0.1, 0.15) is 11.6 Å². The highest BCUT2D eigenvalue weighted by atomic mass is 19.1. The first kappa shape index (κ1) is 17.0. The maximum Gasteiger partial charge on any atom is 0.123 e. The number of benzene rings is 2. The lowest BCUT2D eigenvalue weighted by molar-refractivity contribution is 0.617. The van der Waals surface area contributed by atoms with Crippen molar-refractivity contribution in [2.75, 3.05) is 5.32 Å². The molecule has 3 aromatic rings. The summed E-state index contributed by atoms with van der Waals surface area (Å²) < 4.78 is 15.3. The van der Waals surface area contributed by atoms with Crippen molar-refractivity contribution in [1.29, 1.82) is 5.41 Å². The Bertz CT molecular complexity index is 1030. The third kappa shape index (κ3) is 2.79. The average molecular weight is 361 g/mol. The van der Waals surface area contributed by atoms with Gasteiger partial charge < -0.3 is 21.0 Å². The summed E-state index contributed by atoms with van der Waals surface area (Å²) in [6.45, 7) is 3.85. The van der Waals surface area contributed by atoms with E-state index in [2.05, 4.69) is 16.9 Å². The molecule has 2 atom stereocenters. The van der Waals surface area contributed by atoms with Crippen LogP contribution in [0.25, 0.3) is 5.70 Å². The maximum atomic E-state index is 13.4. The van der Waals surface area contributed by atoms with Crippen molar-refractivity contribution < 1.29 is 4.39 Å². The molecule has 1 aliphatic rings. The summed E-state index contributed by atoms with van der Waals surface area (Å²) in [4.78, 5) is 4.48. The predicted octanol–water partition coefficient (Wildman–Crippen LogP) is 3.81. The lowest BCUT2D eigenvalue weighted by atomic mass is 9.79. The summed E-state index contributed by atoms with van der Waals surface area (Å²) in [7, 11) is 1.90. The van der Waals surface area contributed by atoms with Crippen LogP contribution in [0.1, 0.15) is 34.5 Å². The van der Waals surface area contributed by atoms with Crippen molar-refractivity contribution in [3.63, 3.8) is 0 Å². The minimum absolute atomic E-state index is 0.256. The van der Waals surface area contributed by atoms with E-state index < -0.39 is 0 Å². The highest BCUT2D eigenvalue weighted by Crippen LogP contribution is 2.43. The second kappa shape index (κ2) is 6.39. The van der Waals surface area contributed by atoms with Crippen LogP contribution in [0.4, 0.5) is 10.1 Å². The van der Waals surface area contributed by atoms with Crippen molar-refractivity contribution in [2.45, 2.75) is 12.0 Å². The molecule has 0 bridgehead atoms. The van der Waals surface area contributed by atoms with Crippen LogP contribution in [0.5, 0.6) is 0 Å². The molecule has 0 radical (unpaired) electrons. The van der Waals surface area contributed by atoms with Crippen molar-refractivity contribution in [2.24, 2.45) is 12.8 Å². The molecular weight excluding hydrogens is 341 g/mol. The van der Waals surface area contributed by atoms with Gasteiger partial charge in [-0.15, -0.1) is 0 Å². The molecule has 1 aromatic heterocycles. The molecule has 5 nitrogen and oxygen atoms in total. The van der Waals surface area contributed by atoms with Crippen molar-refractivity contribution in [3.05, 3.63) is 89.8 Å². The standard InChI is InChI=1S/C21H20FN5/c1-12(23)15-4-3-5-16-17(15)19(24)18(21-25-10-11-27(21)2)20(26-16)13-6-8-14(22)9-7-13/h3-11,18,20,24,26H,1,23H2,2H3. The van der Waals surface area contributed by atoms with Crippen molar-refractivity contribution >= 4 is 17.1 Å². The van der Waals surface area contributed by atoms with Gasteiger partial charge in [-0.1, -0.05) is 30.8 Å². The zero-order valence-corrected chi connectivity index (χ0v) is 14.9. The van der Waals surface area contributed by atoms with Gasteiger partial charge >= 0.3 is 0 Å². The number of rotatable bonds is 3. The SMILES string of the molecule is C=C(N)c1cccc2c1C(=N)C(c1nccn1C)C(c1ccc(F)cc1)N2. The first-order chi connectivity index (χ1) is 13.0. The Hall–Kier alpha value is -3.41. The summed E-state index contributed by atoms with van der Waals surface area (Å²) in [5.41, 5.74) is 9.97. The van der Waals surface area contributed by atoms with Gasteiger partial charge in [-0.05, 0) is 23.8 Å². The second-order valence-electron chi connectivity index (χ2n) is 6.71. The van der Waals surface area contributed by atoms with Gasteiger partial charge in [0.15, 0.2) is 0 Å². The Morgan fingerprint density at radius 2 is 2.00 bits per heavy atom. The fourth-order valence-corrected chi connectivity index (χ4v) is 3.70. The van der Waals surface area contributed by atoms with Gasteiger partial charge in [0.25, 0.3) is 0 Å². The van der Waals surface area contributed by atoms with Crippen molar-refractivity contribution in [1.82, 2.24) is 9.55 Å². The van der Waals surface area contributed by atoms with Gasteiger partial charge in [0, 0.05) is 42.0 Å². The first-order valence-electron chi connectivity index (χ1n) is 8.63. The monoisotopic (exact) mass is 361 g/mol. The number of nitrogens with two attached hydrogens (primary N) is 1. The van der Waals surface area contributed by atoms with Crippen LogP contribution in [0, 0.1) is 11.2 Å². The van der Waals surface area contributed by atoms with Gasteiger partial charge in [-0.25, -0.2) is 9.37 Å². The molecule has 0 spiro atoms. The molecule has 2 heterocycles. The Balaban J connectivity index is 1.92. The molecule has 0 saturated heterocycles. The largest absolute Gasteiger partial charge is 0.399 e. The molecule has 27 heavy (non-hydrogen) atoms. The number of imidazole rings is 1. The van der Waals surface area contributed by atoms with E-state index in [0.29, 0.717) is 11.4 Å². The smallest absolute Gasteiger partial charge is 0.123 e. The predicted molar refractivity (Wildman–Crippen MR) is 105 cm³/mol. The fourth-order valence-electron chi connectivity index (χ4n) is 3.70. The highest BCUT2D eigenvalue weighted by molar-refractivity contribution is 6.12. The van der Waals surface area contributed by atoms with Gasteiger partial charge in [0.05, 0.1) is 17.7 Å². The fraction of sp³-hybridized carbons (Fsp3) is 0.143. The summed E-state index contributed by atoms with van der Waals surface area (Å²) in [6.07, 6.45) is 3.57. The third-order valence-corrected chi connectivity index (χ3v) is 5.00. The topological polar surface area (TPSA) is 79.7 Å². The number of aromatic nitrogens is 2. The van der Waals surface area contributed by atoms with E-state index in [1.165, 1.54) is 12.1 Å². The molecule has 0 fully saturated rings. The average Bonchev–Trinajstić information content (AvgIpc) is 3.07. The van der Waals surface area contributed by atoms with Crippen LogP contribution in [0.15, 0.2) is 61.4 Å². The number of nitrogens with one attached hydrogen (secondary N) is 2. The van der Waals surface area contributed by atoms with E-state index in [-0.39, 0.29) is 17.8 Å². The van der Waals surface area contributed by atoms with Gasteiger partial charge in [0.2, 0.25) is 0 Å². The zero-order valence-electron chi connectivity index (χ0n) is 14.9. The van der Waals surface area contributed by atoms with Crippen LogP contribution in [0.3, 0.4) is 0 Å². The quantitative estimate of drug-likeness (QED) is 0.664. The second-order valence-corrected chi connectivity index (χ2v) is 6.71. The third-order valence-electron chi connectivity index (χ3n) is 5.00. The lowest BCUT2D eigenvalue weighted by Crippen LogP contribution is -2.34. The molecule has 4 rings (SSSR count). The lowest BCUT2D eigenvalue weighted by Gasteiger charge is -2.36. The molecule has 136 valence electrons. The highest BCUT2D eigenvalue weighted by Gasteiger charge is 2.38. The van der Waals surface area contributed by atoms with Crippen LogP contribution in [-0.2, 0) is 7.05 Å². The zero-order chi connectivity index (χ0) is 19.1. The Labute approximate surface area is 156 Å². The molecule has 6 heteroatoms. The number of halogens is 1. The Morgan fingerprint density at radius 1 is 1.26 bits per heavy atom.